The molecular weight excluding hydrogens is 234 g/mol. The molecule has 0 amide bonds. The van der Waals surface area contributed by atoms with Gasteiger partial charge in [0.25, 0.3) is 0 Å². The van der Waals surface area contributed by atoms with E-state index in [1.807, 2.05) is 0 Å². The highest BCUT2D eigenvalue weighted by molar-refractivity contribution is 4.65. The molecule has 108 valence electrons. The van der Waals surface area contributed by atoms with Crippen LogP contribution >= 0.6 is 0 Å². The van der Waals surface area contributed by atoms with Gasteiger partial charge in [-0.05, 0) is 12.8 Å². The maximum Gasteiger partial charge on any atom is 0.243 e. The molecular formula is C14H28F2N2. The molecule has 0 unspecified atom stereocenters. The van der Waals surface area contributed by atoms with Gasteiger partial charge >= 0.3 is 0 Å². The molecule has 0 saturated carbocycles. The Morgan fingerprint density at radius 1 is 0.944 bits per heavy atom. The first kappa shape index (κ1) is 19.4. The van der Waals surface area contributed by atoms with Gasteiger partial charge in [-0.2, -0.15) is 0 Å². The fourth-order valence-electron chi connectivity index (χ4n) is 2.06. The maximum atomic E-state index is 2.27. The lowest BCUT2D eigenvalue weighted by Gasteiger charge is -2.00. The first-order valence-corrected chi connectivity index (χ1v) is 6.84. The van der Waals surface area contributed by atoms with Gasteiger partial charge in [-0.15, -0.1) is 0 Å². The summed E-state index contributed by atoms with van der Waals surface area (Å²) in [5, 5.41) is 0. The summed E-state index contributed by atoms with van der Waals surface area (Å²) >= 11 is 0. The van der Waals surface area contributed by atoms with Crippen molar-refractivity contribution >= 4 is 0 Å². The minimum absolute atomic E-state index is 0. The number of hydrogen-bond donors (Lipinski definition) is 0. The van der Waals surface area contributed by atoms with Gasteiger partial charge in [-0.1, -0.05) is 45.4 Å². The standard InChI is InChI=1S/C14H27N2.2FH/c1-3-4-5-6-7-8-9-10-11-16-13-12-15(2)14-16;;/h12-14H,3-11H2,1-2H3;2*1H/q+1;;/p-1. The Bertz CT molecular complexity index is 275. The second-order valence-corrected chi connectivity index (χ2v) is 4.79. The molecule has 1 heterocycles. The fraction of sp³-hybridized carbons (Fsp3) is 0.786. The number of unbranched alkanes of at least 4 members (excludes halogenated alkanes) is 7. The van der Waals surface area contributed by atoms with E-state index in [1.165, 1.54) is 57.9 Å². The molecule has 0 aromatic carbocycles. The van der Waals surface area contributed by atoms with Gasteiger partial charge < -0.3 is 4.70 Å². The Kier molecular flexibility index (Phi) is 13.5. The molecule has 1 aromatic heterocycles. The molecule has 0 bridgehead atoms. The van der Waals surface area contributed by atoms with Gasteiger partial charge in [-0.25, -0.2) is 9.13 Å². The van der Waals surface area contributed by atoms with Crippen molar-refractivity contribution in [2.24, 2.45) is 7.05 Å². The van der Waals surface area contributed by atoms with Crippen LogP contribution in [-0.2, 0) is 13.6 Å². The van der Waals surface area contributed by atoms with Gasteiger partial charge in [0.2, 0.25) is 6.33 Å². The zero-order valence-corrected chi connectivity index (χ0v) is 11.8. The van der Waals surface area contributed by atoms with Gasteiger partial charge in [0.05, 0.1) is 13.6 Å². The van der Waals surface area contributed by atoms with Gasteiger partial charge in [0, 0.05) is 0 Å². The Balaban J connectivity index is 0. The molecule has 0 saturated heterocycles. The average molecular weight is 262 g/mol. The van der Waals surface area contributed by atoms with Crippen molar-refractivity contribution in [2.75, 3.05) is 0 Å². The first-order valence-electron chi connectivity index (χ1n) is 6.84. The van der Waals surface area contributed by atoms with Crippen LogP contribution in [0.15, 0.2) is 18.7 Å². The van der Waals surface area contributed by atoms with E-state index in [0.29, 0.717) is 0 Å². The fourth-order valence-corrected chi connectivity index (χ4v) is 2.06. The summed E-state index contributed by atoms with van der Waals surface area (Å²) in [5.41, 5.74) is 0. The third-order valence-corrected chi connectivity index (χ3v) is 3.09. The number of aryl methyl sites for hydroxylation is 2. The summed E-state index contributed by atoms with van der Waals surface area (Å²) in [6.45, 7) is 3.45. The topological polar surface area (TPSA) is 8.81 Å². The van der Waals surface area contributed by atoms with Crippen LogP contribution in [0.1, 0.15) is 58.3 Å². The van der Waals surface area contributed by atoms with Crippen molar-refractivity contribution in [3.8, 4) is 0 Å². The zero-order valence-electron chi connectivity index (χ0n) is 11.8. The van der Waals surface area contributed by atoms with Crippen LogP contribution in [0.2, 0.25) is 0 Å². The lowest BCUT2D eigenvalue weighted by atomic mass is 10.1. The SMILES string of the molecule is CCCCCCCCCCn1cc[n+](C)c1.F.[F-]. The van der Waals surface area contributed by atoms with Crippen molar-refractivity contribution < 1.29 is 14.0 Å². The molecule has 0 aliphatic rings. The Morgan fingerprint density at radius 2 is 1.50 bits per heavy atom. The number of hydrogen-bond acceptors (Lipinski definition) is 0. The number of nitrogens with zero attached hydrogens (tertiary/aromatic N) is 2. The summed E-state index contributed by atoms with van der Waals surface area (Å²) in [6.07, 6.45) is 17.6. The predicted octanol–water partition coefficient (Wildman–Crippen LogP) is 0.610. The molecule has 0 spiro atoms. The summed E-state index contributed by atoms with van der Waals surface area (Å²) in [7, 11) is 2.07. The molecule has 0 radical (unpaired) electrons. The lowest BCUT2D eigenvalue weighted by molar-refractivity contribution is -0.671. The third-order valence-electron chi connectivity index (χ3n) is 3.09. The molecule has 0 N–H and O–H groups in total. The minimum Gasteiger partial charge on any atom is -1.00 e. The van der Waals surface area contributed by atoms with Gasteiger partial charge in [0.1, 0.15) is 12.4 Å². The van der Waals surface area contributed by atoms with Crippen molar-refractivity contribution in [1.82, 2.24) is 4.57 Å². The quantitative estimate of drug-likeness (QED) is 0.455. The zero-order chi connectivity index (χ0) is 11.6. The van der Waals surface area contributed by atoms with Crippen molar-refractivity contribution in [3.63, 3.8) is 0 Å². The van der Waals surface area contributed by atoms with Crippen LogP contribution in [0.25, 0.3) is 0 Å². The smallest absolute Gasteiger partial charge is 0.243 e. The van der Waals surface area contributed by atoms with Crippen molar-refractivity contribution in [3.05, 3.63) is 18.7 Å². The lowest BCUT2D eigenvalue weighted by Crippen LogP contribution is -3.00. The van der Waals surface area contributed by atoms with E-state index in [0.717, 1.165) is 0 Å². The number of halogens is 2. The van der Waals surface area contributed by atoms with Gasteiger partial charge in [-0.3, -0.25) is 4.70 Å². The highest BCUT2D eigenvalue weighted by Crippen LogP contribution is 2.08. The Labute approximate surface area is 110 Å². The maximum absolute atomic E-state index is 2.27. The Morgan fingerprint density at radius 3 is 2.00 bits per heavy atom. The van der Waals surface area contributed by atoms with E-state index in [-0.39, 0.29) is 9.41 Å². The molecule has 18 heavy (non-hydrogen) atoms. The number of rotatable bonds is 9. The van der Waals surface area contributed by atoms with E-state index in [4.69, 9.17) is 0 Å². The van der Waals surface area contributed by atoms with E-state index in [2.05, 4.69) is 41.8 Å². The molecule has 1 aromatic rings. The third kappa shape index (κ3) is 9.14. The normalized spacial score (nSPS) is 9.67. The Hall–Kier alpha value is -0.930. The van der Waals surface area contributed by atoms with E-state index < -0.39 is 0 Å². The molecule has 0 fully saturated rings. The van der Waals surface area contributed by atoms with E-state index >= 15 is 0 Å². The number of aromatic nitrogens is 2. The van der Waals surface area contributed by atoms with E-state index in [1.54, 1.807) is 0 Å². The number of imidazole rings is 1. The summed E-state index contributed by atoms with van der Waals surface area (Å²) in [5.74, 6) is 0. The van der Waals surface area contributed by atoms with Crippen molar-refractivity contribution in [2.45, 2.75) is 64.8 Å². The second-order valence-electron chi connectivity index (χ2n) is 4.79. The highest BCUT2D eigenvalue weighted by Gasteiger charge is 1.98. The van der Waals surface area contributed by atoms with Crippen LogP contribution in [-0.4, -0.2) is 4.57 Å². The van der Waals surface area contributed by atoms with Crippen LogP contribution in [0.5, 0.6) is 0 Å². The van der Waals surface area contributed by atoms with Crippen LogP contribution in [0.3, 0.4) is 0 Å². The monoisotopic (exact) mass is 262 g/mol. The molecule has 4 heteroatoms. The highest BCUT2D eigenvalue weighted by atomic mass is 19.0. The molecule has 1 rings (SSSR count). The summed E-state index contributed by atoms with van der Waals surface area (Å²) in [4.78, 5) is 0. The molecule has 0 aliphatic carbocycles. The molecule has 0 aliphatic heterocycles. The van der Waals surface area contributed by atoms with E-state index in [9.17, 15) is 0 Å². The largest absolute Gasteiger partial charge is 1.00 e. The predicted molar refractivity (Wildman–Crippen MR) is 70.7 cm³/mol. The van der Waals surface area contributed by atoms with Crippen LogP contribution in [0, 0.1) is 0 Å². The van der Waals surface area contributed by atoms with Crippen molar-refractivity contribution in [1.29, 1.82) is 0 Å². The van der Waals surface area contributed by atoms with Crippen LogP contribution < -0.4 is 9.27 Å². The first-order chi connectivity index (χ1) is 7.83. The minimum atomic E-state index is 0. The van der Waals surface area contributed by atoms with Gasteiger partial charge in [0.15, 0.2) is 0 Å². The summed E-state index contributed by atoms with van der Waals surface area (Å²) in [6, 6.07) is 0. The molecule has 2 nitrogen and oxygen atoms in total. The van der Waals surface area contributed by atoms with Crippen LogP contribution in [0.4, 0.5) is 4.70 Å². The molecule has 0 atom stereocenters. The average Bonchev–Trinajstić information content (AvgIpc) is 2.68. The second kappa shape index (κ2) is 12.5. The summed E-state index contributed by atoms with van der Waals surface area (Å²) < 4.78 is 4.38.